The summed E-state index contributed by atoms with van der Waals surface area (Å²) in [5, 5.41) is 37.2. The lowest BCUT2D eigenvalue weighted by atomic mass is 9.71. The lowest BCUT2D eigenvalue weighted by Gasteiger charge is -2.46. The van der Waals surface area contributed by atoms with Crippen molar-refractivity contribution in [3.05, 3.63) is 177 Å². The number of carbonyl (C=O) groups is 3. The Bertz CT molecular complexity index is 2830. The third-order valence-electron chi connectivity index (χ3n) is 14.9. The minimum atomic E-state index is -2.09. The van der Waals surface area contributed by atoms with Crippen molar-refractivity contribution >= 4 is 28.7 Å². The van der Waals surface area contributed by atoms with Gasteiger partial charge < -0.3 is 44.9 Å². The first-order valence-electron chi connectivity index (χ1n) is 24.8. The van der Waals surface area contributed by atoms with E-state index in [2.05, 4.69) is 39.5 Å². The Morgan fingerprint density at radius 1 is 0.746 bits per heavy atom. The number of amides is 2. The van der Waals surface area contributed by atoms with Crippen LogP contribution in [0.4, 0.5) is 0 Å². The third kappa shape index (κ3) is 11.5. The predicted molar refractivity (Wildman–Crippen MR) is 270 cm³/mol. The SMILES string of the molecule is O=C(COc1cccc(C(O)(C(=O)OCC2CCN(Cc3ccccc3)CC2)c2ccccc2)c1)N1CCC2(CC1)CCN(C(=O)c1ccc(CNCC(O)c3ccc(O)c4[nH]c(=O)ccc34)cc1)CC2. The molecule has 2 amide bonds. The Morgan fingerprint density at radius 2 is 1.41 bits per heavy atom. The van der Waals surface area contributed by atoms with Gasteiger partial charge in [-0.05, 0) is 122 Å². The van der Waals surface area contributed by atoms with Crippen molar-refractivity contribution in [3.63, 3.8) is 0 Å². The highest BCUT2D eigenvalue weighted by molar-refractivity contribution is 5.94. The van der Waals surface area contributed by atoms with Gasteiger partial charge in [0, 0.05) is 68.4 Å². The summed E-state index contributed by atoms with van der Waals surface area (Å²) in [4.78, 5) is 61.6. The summed E-state index contributed by atoms with van der Waals surface area (Å²) in [6.07, 6.45) is 4.31. The number of hydrogen-bond donors (Lipinski definition) is 5. The molecule has 5 N–H and O–H groups in total. The molecule has 9 rings (SSSR count). The molecular weight excluding hydrogens is 899 g/mol. The Kier molecular flexibility index (Phi) is 15.3. The van der Waals surface area contributed by atoms with Crippen LogP contribution < -0.4 is 15.6 Å². The van der Waals surface area contributed by atoms with Crippen LogP contribution in [0.5, 0.6) is 11.5 Å². The van der Waals surface area contributed by atoms with Crippen molar-refractivity contribution in [1.82, 2.24) is 25.0 Å². The number of H-pyrrole nitrogens is 1. The van der Waals surface area contributed by atoms with Crippen LogP contribution in [0, 0.1) is 11.3 Å². The first-order valence-corrected chi connectivity index (χ1v) is 24.8. The maximum absolute atomic E-state index is 13.9. The van der Waals surface area contributed by atoms with Crippen molar-refractivity contribution < 1.29 is 39.2 Å². The van der Waals surface area contributed by atoms with Crippen LogP contribution in [0.25, 0.3) is 10.9 Å². The van der Waals surface area contributed by atoms with E-state index >= 15 is 0 Å². The van der Waals surface area contributed by atoms with Gasteiger partial charge in [0.15, 0.2) is 6.61 Å². The van der Waals surface area contributed by atoms with Gasteiger partial charge in [0.2, 0.25) is 11.2 Å². The number of benzene rings is 5. The molecule has 0 saturated carbocycles. The summed E-state index contributed by atoms with van der Waals surface area (Å²) < 4.78 is 11.9. The molecule has 2 atom stereocenters. The molecule has 1 aromatic heterocycles. The number of carbonyl (C=O) groups excluding carboxylic acids is 3. The highest BCUT2D eigenvalue weighted by Gasteiger charge is 2.43. The molecule has 71 heavy (non-hydrogen) atoms. The van der Waals surface area contributed by atoms with Crippen LogP contribution in [-0.4, -0.2) is 112 Å². The van der Waals surface area contributed by atoms with Crippen molar-refractivity contribution in [3.8, 4) is 11.5 Å². The zero-order chi connectivity index (χ0) is 49.4. The standard InChI is InChI=1S/C57H63N5O9/c63-49-20-18-47(48-19-21-51(65)59-53(48)49)50(64)36-58-35-40-14-16-43(17-15-40)54(67)62-32-26-56(27-33-62)24-30-61(31-25-56)52(66)39-70-46-13-7-12-45(34-46)57(69,44-10-5-2-6-11-44)55(68)71-38-42-22-28-60(29-23-42)37-41-8-3-1-4-9-41/h1-21,34,42,50,58,63-64,69H,22-33,35-39H2,(H,59,65). The molecule has 6 aromatic rings. The first-order chi connectivity index (χ1) is 34.5. The van der Waals surface area contributed by atoms with E-state index in [-0.39, 0.29) is 59.7 Å². The topological polar surface area (TPSA) is 185 Å². The number of nitrogens with one attached hydrogen (secondary N) is 2. The minimum absolute atomic E-state index is 0.00840. The summed E-state index contributed by atoms with van der Waals surface area (Å²) in [5.41, 5.74) is 2.03. The molecule has 3 fully saturated rings. The number of rotatable bonds is 16. The number of phenolic OH excluding ortho intramolecular Hbond substituents is 1. The minimum Gasteiger partial charge on any atom is -0.506 e. The van der Waals surface area contributed by atoms with Crippen molar-refractivity contribution in [2.24, 2.45) is 11.3 Å². The number of pyridine rings is 1. The van der Waals surface area contributed by atoms with Gasteiger partial charge in [-0.25, -0.2) is 4.79 Å². The average molecular weight is 962 g/mol. The lowest BCUT2D eigenvalue weighted by molar-refractivity contribution is -0.164. The second-order valence-corrected chi connectivity index (χ2v) is 19.5. The molecular formula is C57H63N5O9. The fraction of sp³-hybridized carbons (Fsp3) is 0.368. The molecule has 5 aromatic carbocycles. The highest BCUT2D eigenvalue weighted by Crippen LogP contribution is 2.42. The van der Waals surface area contributed by atoms with Crippen LogP contribution in [0.3, 0.4) is 0 Å². The number of fused-ring (bicyclic) bond motifs is 1. The highest BCUT2D eigenvalue weighted by atomic mass is 16.6. The Hall–Kier alpha value is -6.84. The van der Waals surface area contributed by atoms with Crippen LogP contribution >= 0.6 is 0 Å². The molecule has 14 heteroatoms. The van der Waals surface area contributed by atoms with Crippen molar-refractivity contribution in [1.29, 1.82) is 0 Å². The van der Waals surface area contributed by atoms with E-state index in [4.69, 9.17) is 9.47 Å². The smallest absolute Gasteiger partial charge is 0.347 e. The fourth-order valence-corrected chi connectivity index (χ4v) is 10.5. The van der Waals surface area contributed by atoms with E-state index in [0.717, 1.165) is 63.7 Å². The zero-order valence-electron chi connectivity index (χ0n) is 40.0. The number of phenols is 1. The average Bonchev–Trinajstić information content (AvgIpc) is 3.41. The monoisotopic (exact) mass is 961 g/mol. The van der Waals surface area contributed by atoms with Gasteiger partial charge in [0.25, 0.3) is 11.8 Å². The Morgan fingerprint density at radius 3 is 2.11 bits per heavy atom. The number of hydrogen-bond acceptors (Lipinski definition) is 11. The van der Waals surface area contributed by atoms with Gasteiger partial charge in [-0.1, -0.05) is 91.0 Å². The van der Waals surface area contributed by atoms with Gasteiger partial charge in [-0.15, -0.1) is 0 Å². The van der Waals surface area contributed by atoms with E-state index in [1.54, 1.807) is 60.7 Å². The van der Waals surface area contributed by atoms with Crippen LogP contribution in [-0.2, 0) is 33.0 Å². The van der Waals surface area contributed by atoms with Gasteiger partial charge in [-0.3, -0.25) is 19.3 Å². The molecule has 14 nitrogen and oxygen atoms in total. The second kappa shape index (κ2) is 22.1. The Labute approximate surface area is 413 Å². The number of piperidine rings is 3. The summed E-state index contributed by atoms with van der Waals surface area (Å²) >= 11 is 0. The number of likely N-dealkylation sites (tertiary alicyclic amines) is 3. The number of aromatic amines is 1. The maximum Gasteiger partial charge on any atom is 0.347 e. The molecule has 0 radical (unpaired) electrons. The largest absolute Gasteiger partial charge is 0.506 e. The summed E-state index contributed by atoms with van der Waals surface area (Å²) in [6, 6.07) is 39.4. The number of esters is 1. The van der Waals surface area contributed by atoms with Crippen LogP contribution in [0.1, 0.15) is 82.8 Å². The van der Waals surface area contributed by atoms with E-state index < -0.39 is 17.7 Å². The number of nitrogens with zero attached hydrogens (tertiary/aromatic N) is 3. The number of aromatic hydroxyl groups is 1. The summed E-state index contributed by atoms with van der Waals surface area (Å²) in [6.45, 7) is 5.92. The van der Waals surface area contributed by atoms with Gasteiger partial charge in [0.1, 0.15) is 11.5 Å². The molecule has 2 unspecified atom stereocenters. The number of aliphatic hydroxyl groups excluding tert-OH is 1. The molecule has 0 bridgehead atoms. The van der Waals surface area contributed by atoms with E-state index in [9.17, 15) is 34.5 Å². The molecule has 3 aliphatic rings. The van der Waals surface area contributed by atoms with Crippen molar-refractivity contribution in [2.45, 2.75) is 63.3 Å². The first kappa shape index (κ1) is 49.2. The van der Waals surface area contributed by atoms with Gasteiger partial charge >= 0.3 is 5.97 Å². The Balaban J connectivity index is 0.717. The van der Waals surface area contributed by atoms with Crippen LogP contribution in [0.15, 0.2) is 138 Å². The number of aromatic nitrogens is 1. The second-order valence-electron chi connectivity index (χ2n) is 19.5. The van der Waals surface area contributed by atoms with Crippen LogP contribution in [0.2, 0.25) is 0 Å². The van der Waals surface area contributed by atoms with E-state index in [1.165, 1.54) is 17.7 Å². The van der Waals surface area contributed by atoms with Gasteiger partial charge in [-0.2, -0.15) is 0 Å². The molecule has 370 valence electrons. The summed E-state index contributed by atoms with van der Waals surface area (Å²) in [5.74, 6) is -0.409. The molecule has 4 heterocycles. The third-order valence-corrected chi connectivity index (χ3v) is 14.9. The van der Waals surface area contributed by atoms with Gasteiger partial charge in [0.05, 0.1) is 18.2 Å². The molecule has 3 saturated heterocycles. The normalized spacial score (nSPS) is 17.7. The van der Waals surface area contributed by atoms with E-state index in [1.807, 2.05) is 46.2 Å². The quantitative estimate of drug-likeness (QED) is 0.0653. The predicted octanol–water partition coefficient (Wildman–Crippen LogP) is 6.67. The van der Waals surface area contributed by atoms with E-state index in [0.29, 0.717) is 66.1 Å². The van der Waals surface area contributed by atoms with Crippen molar-refractivity contribution in [2.75, 3.05) is 59.0 Å². The molecule has 0 aliphatic carbocycles. The number of ether oxygens (including phenoxy) is 2. The molecule has 3 aliphatic heterocycles. The lowest BCUT2D eigenvalue weighted by Crippen LogP contribution is -2.50. The fourth-order valence-electron chi connectivity index (χ4n) is 10.5. The summed E-state index contributed by atoms with van der Waals surface area (Å²) in [7, 11) is 0. The maximum atomic E-state index is 13.9. The number of aliphatic hydroxyl groups is 2. The molecule has 1 spiro atoms. The zero-order valence-corrected chi connectivity index (χ0v) is 40.0.